The molecule has 15 heavy (non-hydrogen) atoms. The summed E-state index contributed by atoms with van der Waals surface area (Å²) in [6.07, 6.45) is 2.36. The molecule has 1 unspecified atom stereocenters. The van der Waals surface area contributed by atoms with E-state index in [1.54, 1.807) is 0 Å². The zero-order valence-corrected chi connectivity index (χ0v) is 11.6. The summed E-state index contributed by atoms with van der Waals surface area (Å²) in [4.78, 5) is 0. The van der Waals surface area contributed by atoms with E-state index >= 15 is 0 Å². The lowest BCUT2D eigenvalue weighted by atomic mass is 10.2. The zero-order valence-electron chi connectivity index (χ0n) is 11.6. The van der Waals surface area contributed by atoms with Crippen LogP contribution in [0.25, 0.3) is 0 Å². The van der Waals surface area contributed by atoms with Gasteiger partial charge in [0.1, 0.15) is 0 Å². The third-order valence-electron chi connectivity index (χ3n) is 1.85. The third kappa shape index (κ3) is 24.9. The molecule has 1 atom stereocenters. The summed E-state index contributed by atoms with van der Waals surface area (Å²) in [6, 6.07) is 0.398. The maximum atomic E-state index is 5.40. The molecule has 0 amide bonds. The Hall–Kier alpha value is -0.0800. The van der Waals surface area contributed by atoms with Gasteiger partial charge in [0.25, 0.3) is 0 Å². The first-order chi connectivity index (χ1) is 6.90. The highest BCUT2D eigenvalue weighted by molar-refractivity contribution is 4.53. The van der Waals surface area contributed by atoms with Gasteiger partial charge in [-0.25, -0.2) is 0 Å². The molecule has 0 saturated heterocycles. The minimum atomic E-state index is 0.398. The molecule has 0 bridgehead atoms. The Bertz CT molecular complexity index is 101. The summed E-state index contributed by atoms with van der Waals surface area (Å²) in [5.74, 6) is 1.56. The van der Waals surface area contributed by atoms with E-state index in [2.05, 4.69) is 39.9 Å². The normalized spacial score (nSPS) is 12.6. The predicted molar refractivity (Wildman–Crippen MR) is 71.1 cm³/mol. The van der Waals surface area contributed by atoms with Gasteiger partial charge in [0.2, 0.25) is 0 Å². The van der Waals surface area contributed by atoms with Crippen molar-refractivity contribution in [3.8, 4) is 0 Å². The topological polar surface area (TPSA) is 38.0 Å². The van der Waals surface area contributed by atoms with E-state index in [9.17, 15) is 0 Å². The molecule has 0 radical (unpaired) electrons. The number of nitrogens with one attached hydrogen (secondary N) is 1. The zero-order chi connectivity index (χ0) is 12.3. The molecule has 3 N–H and O–H groups in total. The molecule has 0 rings (SSSR count). The average molecular weight is 216 g/mol. The van der Waals surface area contributed by atoms with Crippen LogP contribution >= 0.6 is 0 Å². The molecule has 0 saturated carbocycles. The fraction of sp³-hybridized carbons (Fsp3) is 1.00. The van der Waals surface area contributed by atoms with Crippen LogP contribution in [0.1, 0.15) is 54.4 Å². The van der Waals surface area contributed by atoms with Gasteiger partial charge in [-0.3, -0.25) is 0 Å². The van der Waals surface area contributed by atoms with Crippen LogP contribution in [0.4, 0.5) is 0 Å². The SMILES string of the molecule is CC(C)CNCC(C)C.CCCC(C)N. The van der Waals surface area contributed by atoms with Crippen LogP contribution in [-0.2, 0) is 0 Å². The first-order valence-electron chi connectivity index (χ1n) is 6.36. The van der Waals surface area contributed by atoms with Crippen LogP contribution in [0.2, 0.25) is 0 Å². The summed E-state index contributed by atoms with van der Waals surface area (Å²) in [5, 5.41) is 3.38. The van der Waals surface area contributed by atoms with Crippen molar-refractivity contribution >= 4 is 0 Å². The summed E-state index contributed by atoms with van der Waals surface area (Å²) in [5.41, 5.74) is 5.40. The second-order valence-corrected chi connectivity index (χ2v) is 5.21. The molecule has 2 nitrogen and oxygen atoms in total. The highest BCUT2D eigenvalue weighted by Gasteiger charge is 1.94. The Morgan fingerprint density at radius 2 is 1.33 bits per heavy atom. The Balaban J connectivity index is 0. The quantitative estimate of drug-likeness (QED) is 0.716. The van der Waals surface area contributed by atoms with Crippen LogP contribution in [0.5, 0.6) is 0 Å². The van der Waals surface area contributed by atoms with E-state index < -0.39 is 0 Å². The van der Waals surface area contributed by atoms with E-state index in [1.165, 1.54) is 6.42 Å². The summed E-state index contributed by atoms with van der Waals surface area (Å²) >= 11 is 0. The fourth-order valence-corrected chi connectivity index (χ4v) is 1.12. The van der Waals surface area contributed by atoms with Crippen molar-refractivity contribution in [1.82, 2.24) is 5.32 Å². The van der Waals surface area contributed by atoms with Crippen molar-refractivity contribution in [2.45, 2.75) is 60.4 Å². The van der Waals surface area contributed by atoms with Crippen LogP contribution < -0.4 is 11.1 Å². The first-order valence-corrected chi connectivity index (χ1v) is 6.36. The van der Waals surface area contributed by atoms with Crippen LogP contribution in [0.3, 0.4) is 0 Å². The number of hydrogen-bond donors (Lipinski definition) is 2. The number of rotatable bonds is 6. The van der Waals surface area contributed by atoms with Gasteiger partial charge >= 0.3 is 0 Å². The highest BCUT2D eigenvalue weighted by Crippen LogP contribution is 1.90. The maximum Gasteiger partial charge on any atom is 0.00103 e. The van der Waals surface area contributed by atoms with E-state index in [-0.39, 0.29) is 0 Å². The smallest absolute Gasteiger partial charge is 0.00103 e. The Morgan fingerprint density at radius 3 is 1.47 bits per heavy atom. The molecule has 0 aromatic carbocycles. The minimum Gasteiger partial charge on any atom is -0.328 e. The van der Waals surface area contributed by atoms with Crippen molar-refractivity contribution in [3.05, 3.63) is 0 Å². The Morgan fingerprint density at radius 1 is 0.933 bits per heavy atom. The Labute approximate surface area is 97.0 Å². The van der Waals surface area contributed by atoms with Gasteiger partial charge < -0.3 is 11.1 Å². The fourth-order valence-electron chi connectivity index (χ4n) is 1.12. The number of nitrogens with two attached hydrogens (primary N) is 1. The lowest BCUT2D eigenvalue weighted by Crippen LogP contribution is -2.23. The van der Waals surface area contributed by atoms with Gasteiger partial charge in [0.05, 0.1) is 0 Å². The van der Waals surface area contributed by atoms with Crippen LogP contribution in [0, 0.1) is 11.8 Å². The average Bonchev–Trinajstić information content (AvgIpc) is 2.03. The van der Waals surface area contributed by atoms with Crippen molar-refractivity contribution in [1.29, 1.82) is 0 Å². The molecule has 0 aliphatic rings. The molecule has 0 aliphatic carbocycles. The molecule has 0 aliphatic heterocycles. The predicted octanol–water partition coefficient (Wildman–Crippen LogP) is 3.02. The first kappa shape index (κ1) is 17.3. The van der Waals surface area contributed by atoms with Crippen molar-refractivity contribution in [3.63, 3.8) is 0 Å². The molecule has 0 aromatic heterocycles. The molecule has 0 heterocycles. The molecule has 0 spiro atoms. The number of hydrogen-bond acceptors (Lipinski definition) is 2. The Kier molecular flexibility index (Phi) is 13.8. The third-order valence-corrected chi connectivity index (χ3v) is 1.85. The molecule has 0 fully saturated rings. The molecule has 0 aromatic rings. The van der Waals surface area contributed by atoms with Crippen molar-refractivity contribution in [2.24, 2.45) is 17.6 Å². The van der Waals surface area contributed by atoms with E-state index in [0.29, 0.717) is 6.04 Å². The van der Waals surface area contributed by atoms with Gasteiger partial charge in [-0.15, -0.1) is 0 Å². The van der Waals surface area contributed by atoms with E-state index in [0.717, 1.165) is 31.3 Å². The van der Waals surface area contributed by atoms with Crippen LogP contribution in [0.15, 0.2) is 0 Å². The van der Waals surface area contributed by atoms with Gasteiger partial charge in [0.15, 0.2) is 0 Å². The lowest BCUT2D eigenvalue weighted by molar-refractivity contribution is 0.497. The molecule has 2 heteroatoms. The largest absolute Gasteiger partial charge is 0.328 e. The van der Waals surface area contributed by atoms with Crippen LogP contribution in [-0.4, -0.2) is 19.1 Å². The summed E-state index contributed by atoms with van der Waals surface area (Å²) in [6.45, 7) is 15.4. The van der Waals surface area contributed by atoms with Crippen molar-refractivity contribution in [2.75, 3.05) is 13.1 Å². The van der Waals surface area contributed by atoms with Gasteiger partial charge in [-0.05, 0) is 38.3 Å². The monoisotopic (exact) mass is 216 g/mol. The van der Waals surface area contributed by atoms with Crippen molar-refractivity contribution < 1.29 is 0 Å². The van der Waals surface area contributed by atoms with E-state index in [4.69, 9.17) is 5.73 Å². The van der Waals surface area contributed by atoms with Gasteiger partial charge in [0, 0.05) is 6.04 Å². The van der Waals surface area contributed by atoms with Gasteiger partial charge in [-0.1, -0.05) is 41.0 Å². The summed E-state index contributed by atoms with van der Waals surface area (Å²) in [7, 11) is 0. The minimum absolute atomic E-state index is 0.398. The molecule has 94 valence electrons. The van der Waals surface area contributed by atoms with E-state index in [1.807, 2.05) is 6.92 Å². The standard InChI is InChI=1S/C8H19N.C5H13N/c1-7(2)5-9-6-8(3)4;1-3-4-5(2)6/h7-9H,5-6H2,1-4H3;5H,3-4,6H2,1-2H3. The van der Waals surface area contributed by atoms with Gasteiger partial charge in [-0.2, -0.15) is 0 Å². The lowest BCUT2D eigenvalue weighted by Gasteiger charge is -2.08. The molecular weight excluding hydrogens is 184 g/mol. The maximum absolute atomic E-state index is 5.40. The molecular formula is C13H32N2. The second kappa shape index (κ2) is 12.0. The summed E-state index contributed by atoms with van der Waals surface area (Å²) < 4.78 is 0. The second-order valence-electron chi connectivity index (χ2n) is 5.21. The highest BCUT2D eigenvalue weighted by atomic mass is 14.9.